The Morgan fingerprint density at radius 2 is 1.75 bits per heavy atom. The SMILES string of the molecule is CCOC(=O)c1ccc2c(OCc3ccc(-c4ccccc4-c4nn[nH]n4)cc3)cc(CC)nc2c1. The van der Waals surface area contributed by atoms with E-state index in [4.69, 9.17) is 9.47 Å². The highest BCUT2D eigenvalue weighted by Crippen LogP contribution is 2.31. The predicted octanol–water partition coefficient (Wildman–Crippen LogP) is 5.40. The zero-order valence-corrected chi connectivity index (χ0v) is 20.1. The minimum atomic E-state index is -0.355. The number of aromatic nitrogens is 5. The molecule has 0 saturated heterocycles. The van der Waals surface area contributed by atoms with Crippen molar-refractivity contribution in [3.05, 3.63) is 89.6 Å². The molecule has 0 spiro atoms. The second-order valence-corrected chi connectivity index (χ2v) is 8.18. The maximum absolute atomic E-state index is 12.2. The van der Waals surface area contributed by atoms with E-state index in [9.17, 15) is 4.79 Å². The first kappa shape index (κ1) is 23.2. The van der Waals surface area contributed by atoms with Crippen LogP contribution >= 0.6 is 0 Å². The van der Waals surface area contributed by atoms with Crippen molar-refractivity contribution in [1.29, 1.82) is 0 Å². The third-order valence-electron chi connectivity index (χ3n) is 5.87. The average molecular weight is 480 g/mol. The largest absolute Gasteiger partial charge is 0.488 e. The van der Waals surface area contributed by atoms with Gasteiger partial charge in [-0.1, -0.05) is 55.5 Å². The molecule has 5 aromatic rings. The Hall–Kier alpha value is -4.59. The van der Waals surface area contributed by atoms with E-state index in [-0.39, 0.29) is 5.97 Å². The van der Waals surface area contributed by atoms with Crippen LogP contribution < -0.4 is 4.74 Å². The fourth-order valence-corrected chi connectivity index (χ4v) is 4.04. The molecule has 0 saturated carbocycles. The second-order valence-electron chi connectivity index (χ2n) is 8.18. The summed E-state index contributed by atoms with van der Waals surface area (Å²) in [6.07, 6.45) is 0.754. The number of carbonyl (C=O) groups is 1. The highest BCUT2D eigenvalue weighted by molar-refractivity contribution is 5.96. The van der Waals surface area contributed by atoms with Gasteiger partial charge in [-0.05, 0) is 53.4 Å². The first-order valence-corrected chi connectivity index (χ1v) is 11.8. The van der Waals surface area contributed by atoms with Crippen molar-refractivity contribution >= 4 is 16.9 Å². The van der Waals surface area contributed by atoms with Gasteiger partial charge in [0, 0.05) is 22.7 Å². The highest BCUT2D eigenvalue weighted by atomic mass is 16.5. The molecule has 0 fully saturated rings. The maximum atomic E-state index is 12.2. The summed E-state index contributed by atoms with van der Waals surface area (Å²) in [5.41, 5.74) is 6.10. The van der Waals surface area contributed by atoms with Crippen molar-refractivity contribution in [2.75, 3.05) is 6.61 Å². The van der Waals surface area contributed by atoms with Crippen molar-refractivity contribution in [2.24, 2.45) is 0 Å². The topological polar surface area (TPSA) is 103 Å². The van der Waals surface area contributed by atoms with Crippen LogP contribution in [-0.4, -0.2) is 38.2 Å². The quantitative estimate of drug-likeness (QED) is 0.297. The van der Waals surface area contributed by atoms with E-state index in [2.05, 4.69) is 37.7 Å². The molecule has 3 aromatic carbocycles. The summed E-state index contributed by atoms with van der Waals surface area (Å²) in [4.78, 5) is 16.8. The molecule has 8 nitrogen and oxygen atoms in total. The monoisotopic (exact) mass is 479 g/mol. The molecule has 0 unspecified atom stereocenters. The smallest absolute Gasteiger partial charge is 0.338 e. The molecule has 5 rings (SSSR count). The van der Waals surface area contributed by atoms with E-state index in [1.54, 1.807) is 19.1 Å². The third-order valence-corrected chi connectivity index (χ3v) is 5.87. The number of nitrogens with one attached hydrogen (secondary N) is 1. The lowest BCUT2D eigenvalue weighted by Gasteiger charge is -2.13. The summed E-state index contributed by atoms with van der Waals surface area (Å²) < 4.78 is 11.4. The molecule has 1 N–H and O–H groups in total. The molecule has 2 heterocycles. The number of carbonyl (C=O) groups excluding carboxylic acids is 1. The summed E-state index contributed by atoms with van der Waals surface area (Å²) in [6.45, 7) is 4.56. The average Bonchev–Trinajstić information content (AvgIpc) is 3.46. The molecule has 8 heteroatoms. The Morgan fingerprint density at radius 1 is 0.944 bits per heavy atom. The lowest BCUT2D eigenvalue weighted by atomic mass is 9.98. The van der Waals surface area contributed by atoms with Crippen LogP contribution in [0.3, 0.4) is 0 Å². The van der Waals surface area contributed by atoms with Gasteiger partial charge in [-0.25, -0.2) is 4.79 Å². The fourth-order valence-electron chi connectivity index (χ4n) is 4.04. The Morgan fingerprint density at radius 3 is 2.47 bits per heavy atom. The predicted molar refractivity (Wildman–Crippen MR) is 136 cm³/mol. The summed E-state index contributed by atoms with van der Waals surface area (Å²) in [6, 6.07) is 23.5. The molecule has 0 aliphatic rings. The molecule has 0 bridgehead atoms. The van der Waals surface area contributed by atoms with Crippen molar-refractivity contribution in [2.45, 2.75) is 26.9 Å². The van der Waals surface area contributed by atoms with Gasteiger partial charge in [0.1, 0.15) is 12.4 Å². The van der Waals surface area contributed by atoms with E-state index < -0.39 is 0 Å². The normalized spacial score (nSPS) is 10.9. The van der Waals surface area contributed by atoms with Gasteiger partial charge in [-0.2, -0.15) is 5.21 Å². The zero-order valence-electron chi connectivity index (χ0n) is 20.1. The van der Waals surface area contributed by atoms with Crippen LogP contribution in [0.15, 0.2) is 72.8 Å². The van der Waals surface area contributed by atoms with Crippen LogP contribution in [0, 0.1) is 0 Å². The molecule has 0 aliphatic heterocycles. The van der Waals surface area contributed by atoms with Gasteiger partial charge in [-0.3, -0.25) is 4.98 Å². The van der Waals surface area contributed by atoms with Crippen LogP contribution in [-0.2, 0) is 17.8 Å². The van der Waals surface area contributed by atoms with Gasteiger partial charge >= 0.3 is 5.97 Å². The molecule has 180 valence electrons. The number of hydrogen-bond acceptors (Lipinski definition) is 7. The van der Waals surface area contributed by atoms with Gasteiger partial charge in [0.15, 0.2) is 0 Å². The number of H-pyrrole nitrogens is 1. The van der Waals surface area contributed by atoms with E-state index in [0.29, 0.717) is 30.1 Å². The van der Waals surface area contributed by atoms with Gasteiger partial charge < -0.3 is 9.47 Å². The van der Waals surface area contributed by atoms with E-state index >= 15 is 0 Å². The van der Waals surface area contributed by atoms with Crippen LogP contribution in [0.4, 0.5) is 0 Å². The summed E-state index contributed by atoms with van der Waals surface area (Å²) in [7, 11) is 0. The van der Waals surface area contributed by atoms with Crippen molar-refractivity contribution in [1.82, 2.24) is 25.6 Å². The number of rotatable bonds is 8. The number of benzene rings is 3. The number of pyridine rings is 1. The Balaban J connectivity index is 1.38. The molecule has 36 heavy (non-hydrogen) atoms. The number of nitrogens with zero attached hydrogens (tertiary/aromatic N) is 4. The van der Waals surface area contributed by atoms with E-state index in [1.165, 1.54) is 0 Å². The highest BCUT2D eigenvalue weighted by Gasteiger charge is 2.13. The summed E-state index contributed by atoms with van der Waals surface area (Å²) in [5.74, 6) is 0.936. The van der Waals surface area contributed by atoms with Gasteiger partial charge in [0.05, 0.1) is 17.7 Å². The minimum Gasteiger partial charge on any atom is -0.488 e. The van der Waals surface area contributed by atoms with Gasteiger partial charge in [-0.15, -0.1) is 10.2 Å². The molecular weight excluding hydrogens is 454 g/mol. The summed E-state index contributed by atoms with van der Waals surface area (Å²) >= 11 is 0. The molecule has 2 aromatic heterocycles. The third kappa shape index (κ3) is 4.79. The number of aromatic amines is 1. The van der Waals surface area contributed by atoms with Crippen LogP contribution in [0.5, 0.6) is 5.75 Å². The van der Waals surface area contributed by atoms with Crippen molar-refractivity contribution in [3.63, 3.8) is 0 Å². The van der Waals surface area contributed by atoms with E-state index in [1.807, 2.05) is 55.5 Å². The zero-order chi connectivity index (χ0) is 24.9. The molecule has 0 radical (unpaired) electrons. The molecule has 0 amide bonds. The molecule has 0 atom stereocenters. The van der Waals surface area contributed by atoms with E-state index in [0.717, 1.165) is 45.5 Å². The van der Waals surface area contributed by atoms with Crippen molar-refractivity contribution in [3.8, 4) is 28.3 Å². The lowest BCUT2D eigenvalue weighted by molar-refractivity contribution is 0.0526. The van der Waals surface area contributed by atoms with Crippen LogP contribution in [0.2, 0.25) is 0 Å². The number of hydrogen-bond donors (Lipinski definition) is 1. The fraction of sp³-hybridized carbons (Fsp3) is 0.179. The van der Waals surface area contributed by atoms with Crippen LogP contribution in [0.1, 0.15) is 35.5 Å². The second kappa shape index (κ2) is 10.4. The minimum absolute atomic E-state index is 0.329. The lowest BCUT2D eigenvalue weighted by Crippen LogP contribution is -2.05. The number of aryl methyl sites for hydroxylation is 1. The summed E-state index contributed by atoms with van der Waals surface area (Å²) in [5, 5.41) is 15.3. The number of ether oxygens (including phenoxy) is 2. The van der Waals surface area contributed by atoms with Crippen LogP contribution in [0.25, 0.3) is 33.4 Å². The van der Waals surface area contributed by atoms with Crippen molar-refractivity contribution < 1.29 is 14.3 Å². The standard InChI is InChI=1S/C28H25N5O3/c1-3-21-16-26(24-14-13-20(15-25(24)29-21)28(34)35-4-2)36-17-18-9-11-19(12-10-18)22-7-5-6-8-23(22)27-30-32-33-31-27/h5-16H,3-4,17H2,1-2H3,(H,30,31,32,33). The maximum Gasteiger partial charge on any atom is 0.338 e. The Labute approximate surface area is 208 Å². The number of esters is 1. The molecular formula is C28H25N5O3. The Kier molecular flexibility index (Phi) is 6.66. The Bertz CT molecular complexity index is 1500. The number of tetrazole rings is 1. The first-order valence-electron chi connectivity index (χ1n) is 11.8. The molecule has 0 aliphatic carbocycles. The first-order chi connectivity index (χ1) is 17.7. The van der Waals surface area contributed by atoms with Gasteiger partial charge in [0.25, 0.3) is 0 Å². The number of fused-ring (bicyclic) bond motifs is 1. The van der Waals surface area contributed by atoms with Gasteiger partial charge in [0.2, 0.25) is 5.82 Å².